The predicted molar refractivity (Wildman–Crippen MR) is 70.8 cm³/mol. The van der Waals surface area contributed by atoms with E-state index in [4.69, 9.17) is 5.26 Å². The van der Waals surface area contributed by atoms with Gasteiger partial charge in [0.2, 0.25) is 5.91 Å². The lowest BCUT2D eigenvalue weighted by atomic mass is 10.1. The van der Waals surface area contributed by atoms with Crippen LogP contribution in [0.3, 0.4) is 0 Å². The van der Waals surface area contributed by atoms with E-state index in [9.17, 15) is 4.79 Å². The quantitative estimate of drug-likeness (QED) is 0.775. The van der Waals surface area contributed by atoms with Gasteiger partial charge in [0, 0.05) is 18.8 Å². The lowest BCUT2D eigenvalue weighted by molar-refractivity contribution is -0.127. The van der Waals surface area contributed by atoms with E-state index >= 15 is 0 Å². The van der Waals surface area contributed by atoms with Gasteiger partial charge in [-0.05, 0) is 26.3 Å². The summed E-state index contributed by atoms with van der Waals surface area (Å²) in [6.07, 6.45) is 2.26. The second-order valence-electron chi connectivity index (χ2n) is 4.55. The molecule has 0 radical (unpaired) electrons. The largest absolute Gasteiger partial charge is 0.342 e. The van der Waals surface area contributed by atoms with E-state index < -0.39 is 5.54 Å². The van der Waals surface area contributed by atoms with Gasteiger partial charge in [0.05, 0.1) is 11.8 Å². The Labute approximate surface area is 108 Å². The van der Waals surface area contributed by atoms with Crippen LogP contribution in [0.15, 0.2) is 0 Å². The minimum absolute atomic E-state index is 0.212. The first-order valence-corrected chi connectivity index (χ1v) is 7.28. The fourth-order valence-corrected chi connectivity index (χ4v) is 2.95. The molecule has 96 valence electrons. The monoisotopic (exact) mass is 255 g/mol. The lowest BCUT2D eigenvalue weighted by Gasteiger charge is -2.22. The van der Waals surface area contributed by atoms with Gasteiger partial charge in [0.25, 0.3) is 0 Å². The van der Waals surface area contributed by atoms with Gasteiger partial charge < -0.3 is 4.90 Å². The molecule has 5 heteroatoms. The first-order valence-electron chi connectivity index (χ1n) is 6.13. The molecule has 0 aliphatic carbocycles. The molecule has 4 nitrogen and oxygen atoms in total. The predicted octanol–water partition coefficient (Wildman–Crippen LogP) is 1.23. The highest BCUT2D eigenvalue weighted by Crippen LogP contribution is 2.15. The van der Waals surface area contributed by atoms with Crippen molar-refractivity contribution in [3.8, 4) is 6.07 Å². The molecule has 1 saturated heterocycles. The molecule has 1 unspecified atom stereocenters. The van der Waals surface area contributed by atoms with Gasteiger partial charge in [-0.2, -0.15) is 5.26 Å². The normalized spacial score (nSPS) is 18.8. The van der Waals surface area contributed by atoms with E-state index in [0.29, 0.717) is 11.5 Å². The van der Waals surface area contributed by atoms with Crippen LogP contribution in [-0.2, 0) is 4.79 Å². The standard InChI is InChI=1S/C12H21N3OS/c1-3-14-12(2,9-13)10-17-8-11(16)15-6-4-5-7-15/h14H,3-8,10H2,1-2H3. The molecule has 1 N–H and O–H groups in total. The van der Waals surface area contributed by atoms with Gasteiger partial charge in [0.15, 0.2) is 0 Å². The fraction of sp³-hybridized carbons (Fsp3) is 0.833. The summed E-state index contributed by atoms with van der Waals surface area (Å²) in [4.78, 5) is 13.7. The molecule has 1 atom stereocenters. The average molecular weight is 255 g/mol. The molecule has 0 saturated carbocycles. The maximum Gasteiger partial charge on any atom is 0.232 e. The molecule has 1 aliphatic heterocycles. The molecule has 0 aromatic rings. The number of rotatable bonds is 6. The highest BCUT2D eigenvalue weighted by atomic mass is 32.2. The summed E-state index contributed by atoms with van der Waals surface area (Å²) < 4.78 is 0. The van der Waals surface area contributed by atoms with Crippen molar-refractivity contribution in [3.63, 3.8) is 0 Å². The van der Waals surface area contributed by atoms with Crippen LogP contribution in [0.25, 0.3) is 0 Å². The number of hydrogen-bond donors (Lipinski definition) is 1. The maximum absolute atomic E-state index is 11.8. The molecule has 17 heavy (non-hydrogen) atoms. The molecule has 0 bridgehead atoms. The van der Waals surface area contributed by atoms with Gasteiger partial charge in [-0.15, -0.1) is 11.8 Å². The Morgan fingerprint density at radius 2 is 2.18 bits per heavy atom. The molecule has 1 rings (SSSR count). The molecular formula is C12H21N3OS. The number of carbonyl (C=O) groups is 1. The topological polar surface area (TPSA) is 56.1 Å². The lowest BCUT2D eigenvalue weighted by Crippen LogP contribution is -2.43. The SMILES string of the molecule is CCNC(C)(C#N)CSCC(=O)N1CCCC1. The zero-order valence-corrected chi connectivity index (χ0v) is 11.5. The third kappa shape index (κ3) is 4.57. The van der Waals surface area contributed by atoms with Crippen molar-refractivity contribution in [3.05, 3.63) is 0 Å². The van der Waals surface area contributed by atoms with Crippen molar-refractivity contribution in [2.24, 2.45) is 0 Å². The molecule has 0 aromatic carbocycles. The van der Waals surface area contributed by atoms with E-state index in [2.05, 4.69) is 11.4 Å². The first-order chi connectivity index (χ1) is 8.11. The fourth-order valence-electron chi connectivity index (χ4n) is 1.91. The molecule has 1 amide bonds. The van der Waals surface area contributed by atoms with E-state index in [-0.39, 0.29) is 5.91 Å². The van der Waals surface area contributed by atoms with Crippen molar-refractivity contribution in [1.29, 1.82) is 5.26 Å². The number of nitrogens with zero attached hydrogens (tertiary/aromatic N) is 2. The Bertz CT molecular complexity index is 297. The Balaban J connectivity index is 2.26. The van der Waals surface area contributed by atoms with Gasteiger partial charge in [-0.1, -0.05) is 6.92 Å². The number of hydrogen-bond acceptors (Lipinski definition) is 4. The summed E-state index contributed by atoms with van der Waals surface area (Å²) in [5, 5.41) is 12.2. The van der Waals surface area contributed by atoms with Crippen molar-refractivity contribution in [2.75, 3.05) is 31.1 Å². The molecular weight excluding hydrogens is 234 g/mol. The molecule has 1 heterocycles. The van der Waals surface area contributed by atoms with Crippen LogP contribution >= 0.6 is 11.8 Å². The van der Waals surface area contributed by atoms with E-state index in [1.54, 1.807) is 11.8 Å². The van der Waals surface area contributed by atoms with Gasteiger partial charge in [-0.25, -0.2) is 0 Å². The number of amides is 1. The van der Waals surface area contributed by atoms with Crippen LogP contribution in [0.4, 0.5) is 0 Å². The zero-order chi connectivity index (χ0) is 12.7. The highest BCUT2D eigenvalue weighted by Gasteiger charge is 2.24. The number of carbonyl (C=O) groups excluding carboxylic acids is 1. The molecule has 1 aliphatic rings. The second-order valence-corrected chi connectivity index (χ2v) is 5.54. The Morgan fingerprint density at radius 1 is 1.53 bits per heavy atom. The minimum Gasteiger partial charge on any atom is -0.342 e. The molecule has 1 fully saturated rings. The smallest absolute Gasteiger partial charge is 0.232 e. The van der Waals surface area contributed by atoms with Crippen LogP contribution in [0, 0.1) is 11.3 Å². The van der Waals surface area contributed by atoms with Crippen molar-refractivity contribution < 1.29 is 4.79 Å². The van der Waals surface area contributed by atoms with Crippen molar-refractivity contribution >= 4 is 17.7 Å². The van der Waals surface area contributed by atoms with Crippen molar-refractivity contribution in [1.82, 2.24) is 10.2 Å². The Kier molecular flexibility index (Phi) is 5.79. The third-order valence-corrected chi connectivity index (χ3v) is 4.12. The highest BCUT2D eigenvalue weighted by molar-refractivity contribution is 8.00. The summed E-state index contributed by atoms with van der Waals surface area (Å²) in [6.45, 7) is 6.44. The summed E-state index contributed by atoms with van der Waals surface area (Å²) in [6, 6.07) is 2.27. The number of nitrogens with one attached hydrogen (secondary N) is 1. The average Bonchev–Trinajstić information content (AvgIpc) is 2.83. The van der Waals surface area contributed by atoms with Crippen molar-refractivity contribution in [2.45, 2.75) is 32.2 Å². The van der Waals surface area contributed by atoms with Crippen LogP contribution in [0.2, 0.25) is 0 Å². The van der Waals surface area contributed by atoms with Crippen LogP contribution in [-0.4, -0.2) is 47.5 Å². The Hall–Kier alpha value is -0.730. The minimum atomic E-state index is -0.523. The van der Waals surface area contributed by atoms with E-state index in [1.165, 1.54) is 0 Å². The van der Waals surface area contributed by atoms with Crippen LogP contribution in [0.1, 0.15) is 26.7 Å². The van der Waals surface area contributed by atoms with E-state index in [0.717, 1.165) is 32.5 Å². The molecule has 0 aromatic heterocycles. The van der Waals surface area contributed by atoms with Gasteiger partial charge in [-0.3, -0.25) is 10.1 Å². The number of likely N-dealkylation sites (tertiary alicyclic amines) is 1. The van der Waals surface area contributed by atoms with Gasteiger partial charge in [0.1, 0.15) is 5.54 Å². The third-order valence-electron chi connectivity index (χ3n) is 2.89. The van der Waals surface area contributed by atoms with Gasteiger partial charge >= 0.3 is 0 Å². The Morgan fingerprint density at radius 3 is 2.71 bits per heavy atom. The number of thioether (sulfide) groups is 1. The second kappa shape index (κ2) is 6.87. The maximum atomic E-state index is 11.8. The first kappa shape index (κ1) is 14.3. The summed E-state index contributed by atoms with van der Waals surface area (Å²) in [7, 11) is 0. The van der Waals surface area contributed by atoms with Crippen LogP contribution < -0.4 is 5.32 Å². The van der Waals surface area contributed by atoms with Crippen LogP contribution in [0.5, 0.6) is 0 Å². The summed E-state index contributed by atoms with van der Waals surface area (Å²) in [5.74, 6) is 1.35. The van der Waals surface area contributed by atoms with E-state index in [1.807, 2.05) is 18.7 Å². The number of nitriles is 1. The summed E-state index contributed by atoms with van der Waals surface area (Å²) in [5.41, 5.74) is -0.523. The summed E-state index contributed by atoms with van der Waals surface area (Å²) >= 11 is 1.54. The zero-order valence-electron chi connectivity index (χ0n) is 10.7. The molecule has 0 spiro atoms.